The molecular weight excluding hydrogens is 428 g/mol. The van der Waals surface area contributed by atoms with E-state index >= 15 is 0 Å². The van der Waals surface area contributed by atoms with Crippen molar-refractivity contribution < 1.29 is 14.3 Å². The predicted octanol–water partition coefficient (Wildman–Crippen LogP) is 4.72. The lowest BCUT2D eigenvalue weighted by molar-refractivity contribution is -0.145. The van der Waals surface area contributed by atoms with E-state index in [0.29, 0.717) is 29.0 Å². The lowest BCUT2D eigenvalue weighted by Gasteiger charge is -2.14. The molecule has 0 N–H and O–H groups in total. The normalized spacial score (nSPS) is 14.9. The van der Waals surface area contributed by atoms with E-state index in [4.69, 9.17) is 26.1 Å². The molecule has 0 radical (unpaired) electrons. The molecule has 7 nitrogen and oxygen atoms in total. The average molecular weight is 453 g/mol. The molecule has 3 aromatic rings. The summed E-state index contributed by atoms with van der Waals surface area (Å²) in [7, 11) is 1.63. The first-order chi connectivity index (χ1) is 15.4. The summed E-state index contributed by atoms with van der Waals surface area (Å²) in [5.41, 5.74) is 3.33. The first kappa shape index (κ1) is 22.0. The van der Waals surface area contributed by atoms with Crippen LogP contribution in [0.4, 0.5) is 0 Å². The van der Waals surface area contributed by atoms with Crippen molar-refractivity contribution >= 4 is 23.3 Å². The fraction of sp³-hybridized carbons (Fsp3) is 0.333. The number of hydrogen-bond acceptors (Lipinski definition) is 6. The summed E-state index contributed by atoms with van der Waals surface area (Å²) in [6.45, 7) is 6.24. The van der Waals surface area contributed by atoms with Crippen LogP contribution in [0.15, 0.2) is 47.5 Å². The maximum atomic E-state index is 12.6. The number of carbonyl (C=O) groups is 1. The summed E-state index contributed by atoms with van der Waals surface area (Å²) < 4.78 is 12.9. The highest BCUT2D eigenvalue weighted by Gasteiger charge is 2.30. The van der Waals surface area contributed by atoms with Gasteiger partial charge in [0.05, 0.1) is 31.5 Å². The van der Waals surface area contributed by atoms with Crippen molar-refractivity contribution in [2.45, 2.75) is 33.2 Å². The molecule has 0 spiro atoms. The second-order valence-corrected chi connectivity index (χ2v) is 8.54. The summed E-state index contributed by atoms with van der Waals surface area (Å²) in [6.07, 6.45) is 0.0626. The molecule has 166 valence electrons. The van der Waals surface area contributed by atoms with Crippen molar-refractivity contribution in [2.24, 2.45) is 10.9 Å². The molecule has 8 heteroatoms. The Morgan fingerprint density at radius 2 is 1.91 bits per heavy atom. The number of fused-ring (bicyclic) bond motifs is 3. The molecule has 0 aliphatic carbocycles. The standard InChI is InChI=1S/C24H25ClN4O3/c1-14(2)13-32-22(30)12-20-24-28-27-15(3)29(24)21-10-9-18(31-4)11-19(21)23(26-20)16-5-7-17(25)8-6-16/h5-11,14,20H,12-13H2,1-4H3/t20-/m0/s1. The van der Waals surface area contributed by atoms with E-state index in [9.17, 15) is 4.79 Å². The molecule has 2 aromatic carbocycles. The monoisotopic (exact) mass is 452 g/mol. The van der Waals surface area contributed by atoms with Gasteiger partial charge in [0, 0.05) is 16.1 Å². The fourth-order valence-corrected chi connectivity index (χ4v) is 3.78. The van der Waals surface area contributed by atoms with Crippen LogP contribution in [-0.2, 0) is 9.53 Å². The van der Waals surface area contributed by atoms with Gasteiger partial charge < -0.3 is 9.47 Å². The Labute approximate surface area is 192 Å². The van der Waals surface area contributed by atoms with Crippen LogP contribution in [0, 0.1) is 12.8 Å². The number of methoxy groups -OCH3 is 1. The Morgan fingerprint density at radius 1 is 1.16 bits per heavy atom. The number of halogens is 1. The van der Waals surface area contributed by atoms with Gasteiger partial charge in [-0.15, -0.1) is 10.2 Å². The summed E-state index contributed by atoms with van der Waals surface area (Å²) in [5.74, 6) is 1.94. The topological polar surface area (TPSA) is 78.6 Å². The van der Waals surface area contributed by atoms with E-state index in [2.05, 4.69) is 10.2 Å². The maximum absolute atomic E-state index is 12.6. The zero-order chi connectivity index (χ0) is 22.8. The second kappa shape index (κ2) is 9.12. The number of ether oxygens (including phenoxy) is 2. The molecule has 0 unspecified atom stereocenters. The highest BCUT2D eigenvalue weighted by Crippen LogP contribution is 2.34. The molecule has 1 aliphatic heterocycles. The van der Waals surface area contributed by atoms with Crippen LogP contribution in [-0.4, -0.2) is 40.2 Å². The van der Waals surface area contributed by atoms with E-state index in [1.54, 1.807) is 7.11 Å². The maximum Gasteiger partial charge on any atom is 0.308 e. The van der Waals surface area contributed by atoms with Crippen molar-refractivity contribution in [1.82, 2.24) is 14.8 Å². The summed E-state index contributed by atoms with van der Waals surface area (Å²) in [5, 5.41) is 9.28. The number of aromatic nitrogens is 3. The molecule has 1 atom stereocenters. The largest absolute Gasteiger partial charge is 0.497 e. The minimum absolute atomic E-state index is 0.0626. The van der Waals surface area contributed by atoms with Gasteiger partial charge >= 0.3 is 5.97 Å². The average Bonchev–Trinajstić information content (AvgIpc) is 3.10. The number of benzene rings is 2. The molecular formula is C24H25ClN4O3. The molecule has 2 heterocycles. The third-order valence-electron chi connectivity index (χ3n) is 5.19. The van der Waals surface area contributed by atoms with E-state index in [-0.39, 0.29) is 18.3 Å². The Morgan fingerprint density at radius 3 is 2.59 bits per heavy atom. The van der Waals surface area contributed by atoms with E-state index in [1.165, 1.54) is 0 Å². The quantitative estimate of drug-likeness (QED) is 0.505. The Balaban J connectivity index is 1.87. The molecule has 0 saturated heterocycles. The Bertz CT molecular complexity index is 1170. The highest BCUT2D eigenvalue weighted by molar-refractivity contribution is 6.30. The second-order valence-electron chi connectivity index (χ2n) is 8.11. The summed E-state index contributed by atoms with van der Waals surface area (Å²) in [6, 6.07) is 12.7. The van der Waals surface area contributed by atoms with Gasteiger partial charge in [-0.05, 0) is 43.2 Å². The van der Waals surface area contributed by atoms with Crippen molar-refractivity contribution in [1.29, 1.82) is 0 Å². The van der Waals surface area contributed by atoms with Crippen LogP contribution in [0.2, 0.25) is 5.02 Å². The first-order valence-electron chi connectivity index (χ1n) is 10.5. The van der Waals surface area contributed by atoms with Gasteiger partial charge in [0.25, 0.3) is 0 Å². The van der Waals surface area contributed by atoms with Crippen molar-refractivity contribution in [2.75, 3.05) is 13.7 Å². The number of esters is 1. The summed E-state index contributed by atoms with van der Waals surface area (Å²) >= 11 is 6.12. The van der Waals surface area contributed by atoms with Crippen LogP contribution in [0.3, 0.4) is 0 Å². The van der Waals surface area contributed by atoms with Gasteiger partial charge in [0.15, 0.2) is 5.82 Å². The van der Waals surface area contributed by atoms with Gasteiger partial charge in [-0.1, -0.05) is 37.6 Å². The molecule has 32 heavy (non-hydrogen) atoms. The van der Waals surface area contributed by atoms with Crippen molar-refractivity contribution in [3.63, 3.8) is 0 Å². The Hall–Kier alpha value is -3.19. The van der Waals surface area contributed by atoms with Gasteiger partial charge in [0.2, 0.25) is 0 Å². The van der Waals surface area contributed by atoms with Crippen LogP contribution in [0.5, 0.6) is 5.75 Å². The fourth-order valence-electron chi connectivity index (χ4n) is 3.65. The number of carbonyl (C=O) groups excluding carboxylic acids is 1. The van der Waals surface area contributed by atoms with E-state index < -0.39 is 6.04 Å². The smallest absolute Gasteiger partial charge is 0.308 e. The van der Waals surface area contributed by atoms with Crippen LogP contribution >= 0.6 is 11.6 Å². The third kappa shape index (κ3) is 4.39. The molecule has 0 fully saturated rings. The van der Waals surface area contributed by atoms with Crippen LogP contribution < -0.4 is 4.74 Å². The molecule has 0 saturated carbocycles. The zero-order valence-electron chi connectivity index (χ0n) is 18.5. The molecule has 1 aliphatic rings. The SMILES string of the molecule is COc1ccc2c(c1)C(c1ccc(Cl)cc1)=N[C@@H](CC(=O)OCC(C)C)c1nnc(C)n1-2. The lowest BCUT2D eigenvalue weighted by Crippen LogP contribution is -2.15. The zero-order valence-corrected chi connectivity index (χ0v) is 19.3. The third-order valence-corrected chi connectivity index (χ3v) is 5.44. The Kier molecular flexibility index (Phi) is 6.28. The number of hydrogen-bond donors (Lipinski definition) is 0. The first-order valence-corrected chi connectivity index (χ1v) is 10.8. The van der Waals surface area contributed by atoms with Crippen molar-refractivity contribution in [3.05, 3.63) is 70.3 Å². The van der Waals surface area contributed by atoms with Gasteiger partial charge in [-0.2, -0.15) is 0 Å². The number of nitrogens with zero attached hydrogens (tertiary/aromatic N) is 4. The number of rotatable bonds is 6. The van der Waals surface area contributed by atoms with E-state index in [1.807, 2.05) is 67.8 Å². The van der Waals surface area contributed by atoms with Gasteiger partial charge in [0.1, 0.15) is 17.6 Å². The van der Waals surface area contributed by atoms with Gasteiger partial charge in [-0.25, -0.2) is 0 Å². The lowest BCUT2D eigenvalue weighted by atomic mass is 10.00. The van der Waals surface area contributed by atoms with Crippen LogP contribution in [0.1, 0.15) is 49.1 Å². The molecule has 1 aromatic heterocycles. The molecule has 4 rings (SSSR count). The van der Waals surface area contributed by atoms with Crippen LogP contribution in [0.25, 0.3) is 5.69 Å². The molecule has 0 bridgehead atoms. The number of aryl methyl sites for hydroxylation is 1. The minimum Gasteiger partial charge on any atom is -0.497 e. The molecule has 0 amide bonds. The van der Waals surface area contributed by atoms with Gasteiger partial charge in [-0.3, -0.25) is 14.4 Å². The van der Waals surface area contributed by atoms with E-state index in [0.717, 1.165) is 22.5 Å². The number of aliphatic imine (C=N–C) groups is 1. The predicted molar refractivity (Wildman–Crippen MR) is 123 cm³/mol. The summed E-state index contributed by atoms with van der Waals surface area (Å²) in [4.78, 5) is 17.6. The minimum atomic E-state index is -0.556. The van der Waals surface area contributed by atoms with Crippen molar-refractivity contribution in [3.8, 4) is 11.4 Å². The highest BCUT2D eigenvalue weighted by atomic mass is 35.5.